The van der Waals surface area contributed by atoms with Gasteiger partial charge in [0, 0.05) is 11.6 Å². The zero-order chi connectivity index (χ0) is 14.8. The van der Waals surface area contributed by atoms with Crippen LogP contribution in [0.5, 0.6) is 5.75 Å². The summed E-state index contributed by atoms with van der Waals surface area (Å²) in [5, 5.41) is 11.1. The molecular formula is C15H22N2O3. The highest BCUT2D eigenvalue weighted by molar-refractivity contribution is 5.49. The van der Waals surface area contributed by atoms with Gasteiger partial charge < -0.3 is 10.5 Å². The maximum atomic E-state index is 11.1. The number of nitro benzene ring substituents is 1. The molecule has 110 valence electrons. The zero-order valence-electron chi connectivity index (χ0n) is 12.1. The number of methoxy groups -OCH3 is 1. The number of ether oxygens (including phenoxy) is 1. The minimum absolute atomic E-state index is 0.0115. The second kappa shape index (κ2) is 5.79. The predicted molar refractivity (Wildman–Crippen MR) is 77.9 cm³/mol. The van der Waals surface area contributed by atoms with Crippen LogP contribution in [0.1, 0.15) is 38.2 Å². The van der Waals surface area contributed by atoms with Gasteiger partial charge in [-0.05, 0) is 36.8 Å². The maximum absolute atomic E-state index is 11.1. The molecule has 0 amide bonds. The average Bonchev–Trinajstić information content (AvgIpc) is 2.37. The fourth-order valence-electron chi connectivity index (χ4n) is 3.26. The molecule has 1 aromatic rings. The van der Waals surface area contributed by atoms with Gasteiger partial charge in [0.1, 0.15) is 0 Å². The minimum atomic E-state index is -0.408. The van der Waals surface area contributed by atoms with Gasteiger partial charge in [-0.2, -0.15) is 0 Å². The molecule has 2 unspecified atom stereocenters. The lowest BCUT2D eigenvalue weighted by atomic mass is 9.74. The standard InChI is InChI=1S/C15H22N2O3/c1-11-4-3-7-15(16,9-11)10-12-5-6-14(20-2)13(8-12)17(18)19/h5-6,8,11H,3-4,7,9-10,16H2,1-2H3. The summed E-state index contributed by atoms with van der Waals surface area (Å²) in [6.45, 7) is 2.22. The van der Waals surface area contributed by atoms with Gasteiger partial charge in [-0.1, -0.05) is 25.8 Å². The van der Waals surface area contributed by atoms with Crippen LogP contribution in [-0.4, -0.2) is 17.6 Å². The van der Waals surface area contributed by atoms with Gasteiger partial charge in [0.15, 0.2) is 5.75 Å². The van der Waals surface area contributed by atoms with Crippen LogP contribution in [0.4, 0.5) is 5.69 Å². The van der Waals surface area contributed by atoms with Crippen molar-refractivity contribution < 1.29 is 9.66 Å². The quantitative estimate of drug-likeness (QED) is 0.678. The Balaban J connectivity index is 2.21. The second-order valence-corrected chi connectivity index (χ2v) is 6.00. The number of rotatable bonds is 4. The summed E-state index contributed by atoms with van der Waals surface area (Å²) in [5.74, 6) is 0.920. The highest BCUT2D eigenvalue weighted by Gasteiger charge is 2.31. The molecule has 1 fully saturated rings. The lowest BCUT2D eigenvalue weighted by molar-refractivity contribution is -0.385. The molecule has 2 rings (SSSR count). The van der Waals surface area contributed by atoms with Gasteiger partial charge in [-0.3, -0.25) is 10.1 Å². The summed E-state index contributed by atoms with van der Waals surface area (Å²) in [7, 11) is 1.44. The van der Waals surface area contributed by atoms with Crippen LogP contribution < -0.4 is 10.5 Å². The first-order chi connectivity index (χ1) is 9.43. The average molecular weight is 278 g/mol. The first kappa shape index (κ1) is 14.8. The van der Waals surface area contributed by atoms with Crippen molar-refractivity contribution in [1.82, 2.24) is 0 Å². The number of hydrogen-bond acceptors (Lipinski definition) is 4. The largest absolute Gasteiger partial charge is 0.490 e. The van der Waals surface area contributed by atoms with Gasteiger partial charge in [-0.25, -0.2) is 0 Å². The third kappa shape index (κ3) is 3.28. The molecule has 1 aliphatic rings. The van der Waals surface area contributed by atoms with E-state index in [0.29, 0.717) is 18.1 Å². The first-order valence-corrected chi connectivity index (χ1v) is 7.04. The van der Waals surface area contributed by atoms with Crippen LogP contribution in [0.25, 0.3) is 0 Å². The maximum Gasteiger partial charge on any atom is 0.311 e. The Bertz CT molecular complexity index is 504. The molecule has 0 saturated heterocycles. The normalized spacial score (nSPS) is 26.2. The molecule has 1 aromatic carbocycles. The van der Waals surface area contributed by atoms with Crippen molar-refractivity contribution in [3.8, 4) is 5.75 Å². The Morgan fingerprint density at radius 3 is 2.90 bits per heavy atom. The summed E-state index contributed by atoms with van der Waals surface area (Å²) < 4.78 is 5.02. The molecular weight excluding hydrogens is 256 g/mol. The van der Waals surface area contributed by atoms with Crippen molar-refractivity contribution >= 4 is 5.69 Å². The lowest BCUT2D eigenvalue weighted by Gasteiger charge is -2.37. The number of benzene rings is 1. The molecule has 0 aromatic heterocycles. The van der Waals surface area contributed by atoms with E-state index in [2.05, 4.69) is 6.92 Å². The Morgan fingerprint density at radius 1 is 1.55 bits per heavy atom. The fourth-order valence-corrected chi connectivity index (χ4v) is 3.26. The van der Waals surface area contributed by atoms with E-state index in [1.165, 1.54) is 13.5 Å². The van der Waals surface area contributed by atoms with Crippen molar-refractivity contribution in [2.45, 2.75) is 44.6 Å². The van der Waals surface area contributed by atoms with Gasteiger partial charge in [0.2, 0.25) is 0 Å². The first-order valence-electron chi connectivity index (χ1n) is 7.04. The molecule has 20 heavy (non-hydrogen) atoms. The van der Waals surface area contributed by atoms with E-state index in [9.17, 15) is 10.1 Å². The highest BCUT2D eigenvalue weighted by Crippen LogP contribution is 2.35. The van der Waals surface area contributed by atoms with Crippen molar-refractivity contribution in [1.29, 1.82) is 0 Å². The van der Waals surface area contributed by atoms with Crippen molar-refractivity contribution in [2.75, 3.05) is 7.11 Å². The Hall–Kier alpha value is -1.62. The Morgan fingerprint density at radius 2 is 2.30 bits per heavy atom. The van der Waals surface area contributed by atoms with E-state index >= 15 is 0 Å². The fraction of sp³-hybridized carbons (Fsp3) is 0.600. The highest BCUT2D eigenvalue weighted by atomic mass is 16.6. The van der Waals surface area contributed by atoms with Crippen molar-refractivity contribution in [3.05, 3.63) is 33.9 Å². The van der Waals surface area contributed by atoms with E-state index in [4.69, 9.17) is 10.5 Å². The lowest BCUT2D eigenvalue weighted by Crippen LogP contribution is -2.45. The summed E-state index contributed by atoms with van der Waals surface area (Å²) in [5.41, 5.74) is 7.16. The summed E-state index contributed by atoms with van der Waals surface area (Å²) in [6, 6.07) is 5.12. The number of nitro groups is 1. The molecule has 0 spiro atoms. The summed E-state index contributed by atoms with van der Waals surface area (Å²) >= 11 is 0. The number of nitrogens with zero attached hydrogens (tertiary/aromatic N) is 1. The van der Waals surface area contributed by atoms with Gasteiger partial charge >= 0.3 is 5.69 Å². The van der Waals surface area contributed by atoms with Gasteiger partial charge in [-0.15, -0.1) is 0 Å². The van der Waals surface area contributed by atoms with Crippen LogP contribution in [-0.2, 0) is 6.42 Å². The third-order valence-electron chi connectivity index (χ3n) is 4.12. The topological polar surface area (TPSA) is 78.4 Å². The van der Waals surface area contributed by atoms with E-state index in [1.54, 1.807) is 12.1 Å². The van der Waals surface area contributed by atoms with E-state index in [-0.39, 0.29) is 11.2 Å². The molecule has 2 atom stereocenters. The van der Waals surface area contributed by atoms with Crippen LogP contribution in [0.2, 0.25) is 0 Å². The number of hydrogen-bond donors (Lipinski definition) is 1. The molecule has 1 aliphatic carbocycles. The number of nitrogens with two attached hydrogens (primary N) is 1. The molecule has 2 N–H and O–H groups in total. The van der Waals surface area contributed by atoms with E-state index < -0.39 is 4.92 Å². The van der Waals surface area contributed by atoms with Gasteiger partial charge in [0.25, 0.3) is 0 Å². The van der Waals surface area contributed by atoms with Crippen LogP contribution >= 0.6 is 0 Å². The minimum Gasteiger partial charge on any atom is -0.490 e. The SMILES string of the molecule is COc1ccc(CC2(N)CCCC(C)C2)cc1[N+](=O)[O-]. The second-order valence-electron chi connectivity index (χ2n) is 6.00. The van der Waals surface area contributed by atoms with E-state index in [0.717, 1.165) is 24.8 Å². The molecule has 5 heteroatoms. The molecule has 0 aliphatic heterocycles. The Kier molecular flexibility index (Phi) is 4.28. The molecule has 0 heterocycles. The molecule has 0 bridgehead atoms. The van der Waals surface area contributed by atoms with Crippen molar-refractivity contribution in [3.63, 3.8) is 0 Å². The molecule has 0 radical (unpaired) electrons. The monoisotopic (exact) mass is 278 g/mol. The van der Waals surface area contributed by atoms with Crippen molar-refractivity contribution in [2.24, 2.45) is 11.7 Å². The predicted octanol–water partition coefficient (Wildman–Crippen LogP) is 3.05. The smallest absolute Gasteiger partial charge is 0.311 e. The van der Waals surface area contributed by atoms with Gasteiger partial charge in [0.05, 0.1) is 12.0 Å². The van der Waals surface area contributed by atoms with Crippen LogP contribution in [0, 0.1) is 16.0 Å². The van der Waals surface area contributed by atoms with E-state index in [1.807, 2.05) is 6.07 Å². The summed E-state index contributed by atoms with van der Waals surface area (Å²) in [6.07, 6.45) is 5.00. The van der Waals surface area contributed by atoms with Crippen LogP contribution in [0.3, 0.4) is 0 Å². The zero-order valence-corrected chi connectivity index (χ0v) is 12.1. The molecule has 1 saturated carbocycles. The Labute approximate surface area is 119 Å². The molecule has 5 nitrogen and oxygen atoms in total. The summed E-state index contributed by atoms with van der Waals surface area (Å²) in [4.78, 5) is 10.6. The third-order valence-corrected chi connectivity index (χ3v) is 4.12. The van der Waals surface area contributed by atoms with Crippen LogP contribution in [0.15, 0.2) is 18.2 Å².